The molecular formula is C11H16N4O2. The van der Waals surface area contributed by atoms with Crippen LogP contribution in [-0.4, -0.2) is 34.1 Å². The molecule has 1 heterocycles. The minimum Gasteiger partial charge on any atom is -0.481 e. The Labute approximate surface area is 99.5 Å². The average Bonchev–Trinajstić information content (AvgIpc) is 3.10. The van der Waals surface area contributed by atoms with Crippen molar-refractivity contribution in [3.05, 3.63) is 12.4 Å². The maximum absolute atomic E-state index is 10.4. The Kier molecular flexibility index (Phi) is 3.74. The summed E-state index contributed by atoms with van der Waals surface area (Å²) >= 11 is 0. The van der Waals surface area contributed by atoms with Crippen molar-refractivity contribution in [2.45, 2.75) is 19.3 Å². The van der Waals surface area contributed by atoms with Crippen LogP contribution in [-0.2, 0) is 4.79 Å². The summed E-state index contributed by atoms with van der Waals surface area (Å²) in [5, 5.41) is 14.7. The summed E-state index contributed by atoms with van der Waals surface area (Å²) in [4.78, 5) is 18.5. The molecule has 0 bridgehead atoms. The molecule has 1 aromatic rings. The maximum atomic E-state index is 10.4. The fraction of sp³-hybridized carbons (Fsp3) is 0.545. The lowest BCUT2D eigenvalue weighted by molar-refractivity contribution is -0.136. The first kappa shape index (κ1) is 11.6. The van der Waals surface area contributed by atoms with Gasteiger partial charge in [-0.25, -0.2) is 9.97 Å². The van der Waals surface area contributed by atoms with E-state index in [0.29, 0.717) is 12.4 Å². The van der Waals surface area contributed by atoms with Gasteiger partial charge in [-0.3, -0.25) is 4.79 Å². The third-order valence-electron chi connectivity index (χ3n) is 2.58. The van der Waals surface area contributed by atoms with Crippen molar-refractivity contribution in [1.29, 1.82) is 0 Å². The summed E-state index contributed by atoms with van der Waals surface area (Å²) in [7, 11) is 0. The molecule has 0 radical (unpaired) electrons. The first-order valence-electron chi connectivity index (χ1n) is 5.75. The van der Waals surface area contributed by atoms with Gasteiger partial charge in [0.2, 0.25) is 0 Å². The van der Waals surface area contributed by atoms with E-state index in [0.717, 1.165) is 18.3 Å². The lowest BCUT2D eigenvalue weighted by Gasteiger charge is -2.07. The Bertz CT molecular complexity index is 393. The first-order chi connectivity index (χ1) is 8.24. The molecular weight excluding hydrogens is 220 g/mol. The monoisotopic (exact) mass is 236 g/mol. The van der Waals surface area contributed by atoms with Crippen LogP contribution in [0.1, 0.15) is 19.3 Å². The lowest BCUT2D eigenvalue weighted by Crippen LogP contribution is -2.10. The van der Waals surface area contributed by atoms with Gasteiger partial charge in [-0.2, -0.15) is 0 Å². The molecule has 92 valence electrons. The molecule has 0 spiro atoms. The Morgan fingerprint density at radius 2 is 2.06 bits per heavy atom. The van der Waals surface area contributed by atoms with Crippen LogP contribution in [0.2, 0.25) is 0 Å². The molecule has 3 N–H and O–H groups in total. The van der Waals surface area contributed by atoms with Gasteiger partial charge in [0.1, 0.15) is 18.0 Å². The van der Waals surface area contributed by atoms with Crippen molar-refractivity contribution in [1.82, 2.24) is 9.97 Å². The smallest absolute Gasteiger partial charge is 0.305 e. The van der Waals surface area contributed by atoms with E-state index in [1.165, 1.54) is 19.2 Å². The highest BCUT2D eigenvalue weighted by Gasteiger charge is 2.20. The maximum Gasteiger partial charge on any atom is 0.305 e. The number of anilines is 2. The van der Waals surface area contributed by atoms with Gasteiger partial charge in [0.15, 0.2) is 0 Å². The number of nitrogens with one attached hydrogen (secondary N) is 2. The molecule has 0 amide bonds. The van der Waals surface area contributed by atoms with Gasteiger partial charge in [-0.15, -0.1) is 0 Å². The summed E-state index contributed by atoms with van der Waals surface area (Å²) in [6, 6.07) is 1.80. The second-order valence-electron chi connectivity index (χ2n) is 4.18. The van der Waals surface area contributed by atoms with Crippen LogP contribution in [0.4, 0.5) is 11.6 Å². The Balaban J connectivity index is 1.79. The fourth-order valence-corrected chi connectivity index (χ4v) is 1.42. The largest absolute Gasteiger partial charge is 0.481 e. The molecule has 0 atom stereocenters. The summed E-state index contributed by atoms with van der Waals surface area (Å²) in [6.45, 7) is 1.32. The highest BCUT2D eigenvalue weighted by atomic mass is 16.4. The quantitative estimate of drug-likeness (QED) is 0.659. The molecule has 17 heavy (non-hydrogen) atoms. The van der Waals surface area contributed by atoms with Crippen LogP contribution < -0.4 is 10.6 Å². The van der Waals surface area contributed by atoms with Gasteiger partial charge < -0.3 is 15.7 Å². The zero-order valence-electron chi connectivity index (χ0n) is 9.52. The Hall–Kier alpha value is -1.85. The van der Waals surface area contributed by atoms with E-state index in [-0.39, 0.29) is 6.42 Å². The first-order valence-corrected chi connectivity index (χ1v) is 5.75. The molecule has 1 aromatic heterocycles. The summed E-state index contributed by atoms with van der Waals surface area (Å²) < 4.78 is 0. The summed E-state index contributed by atoms with van der Waals surface area (Å²) in [6.07, 6.45) is 4.14. The number of carboxylic acids is 1. The van der Waals surface area contributed by atoms with Crippen LogP contribution >= 0.6 is 0 Å². The molecule has 6 heteroatoms. The number of hydrogen-bond acceptors (Lipinski definition) is 5. The van der Waals surface area contributed by atoms with Crippen LogP contribution in [0.3, 0.4) is 0 Å². The van der Waals surface area contributed by atoms with Crippen molar-refractivity contribution >= 4 is 17.6 Å². The van der Waals surface area contributed by atoms with E-state index in [2.05, 4.69) is 20.6 Å². The molecule has 0 aromatic carbocycles. The Morgan fingerprint density at radius 1 is 1.35 bits per heavy atom. The molecule has 1 aliphatic carbocycles. The second-order valence-corrected chi connectivity index (χ2v) is 4.18. The molecule has 0 unspecified atom stereocenters. The van der Waals surface area contributed by atoms with E-state index in [9.17, 15) is 4.79 Å². The van der Waals surface area contributed by atoms with Crippen molar-refractivity contribution in [2.24, 2.45) is 5.92 Å². The second kappa shape index (κ2) is 5.47. The van der Waals surface area contributed by atoms with Gasteiger partial charge >= 0.3 is 5.97 Å². The molecule has 1 fully saturated rings. The van der Waals surface area contributed by atoms with Crippen LogP contribution in [0.25, 0.3) is 0 Å². The molecule has 1 saturated carbocycles. The lowest BCUT2D eigenvalue weighted by atomic mass is 10.4. The van der Waals surface area contributed by atoms with E-state index >= 15 is 0 Å². The number of rotatable bonds is 7. The van der Waals surface area contributed by atoms with Crippen molar-refractivity contribution < 1.29 is 9.90 Å². The summed E-state index contributed by atoms with van der Waals surface area (Å²) in [5.74, 6) is 1.40. The number of hydrogen-bond donors (Lipinski definition) is 3. The van der Waals surface area contributed by atoms with Crippen molar-refractivity contribution in [3.8, 4) is 0 Å². The number of aliphatic carboxylic acids is 1. The van der Waals surface area contributed by atoms with Gasteiger partial charge in [0, 0.05) is 19.2 Å². The predicted molar refractivity (Wildman–Crippen MR) is 64.0 cm³/mol. The van der Waals surface area contributed by atoms with Gasteiger partial charge in [0.05, 0.1) is 6.42 Å². The van der Waals surface area contributed by atoms with E-state index in [1.807, 2.05) is 0 Å². The minimum absolute atomic E-state index is 0.0782. The third kappa shape index (κ3) is 4.26. The Morgan fingerprint density at radius 3 is 2.71 bits per heavy atom. The zero-order chi connectivity index (χ0) is 12.1. The zero-order valence-corrected chi connectivity index (χ0v) is 9.52. The molecule has 1 aliphatic rings. The number of aromatic nitrogens is 2. The molecule has 0 saturated heterocycles. The molecule has 0 aliphatic heterocycles. The standard InChI is InChI=1S/C11H16N4O2/c16-11(17)3-4-12-9-5-10(15-7-14-9)13-6-8-1-2-8/h5,7-8H,1-4,6H2,(H,16,17)(H2,12,13,14,15). The van der Waals surface area contributed by atoms with Crippen molar-refractivity contribution in [3.63, 3.8) is 0 Å². The molecule has 2 rings (SSSR count). The summed E-state index contributed by atoms with van der Waals surface area (Å²) in [5.41, 5.74) is 0. The van der Waals surface area contributed by atoms with Gasteiger partial charge in [-0.1, -0.05) is 0 Å². The third-order valence-corrected chi connectivity index (χ3v) is 2.58. The highest BCUT2D eigenvalue weighted by Crippen LogP contribution is 2.28. The topological polar surface area (TPSA) is 87.1 Å². The SMILES string of the molecule is O=C(O)CCNc1cc(NCC2CC2)ncn1. The number of carbonyl (C=O) groups is 1. The van der Waals surface area contributed by atoms with Crippen LogP contribution in [0.15, 0.2) is 12.4 Å². The van der Waals surface area contributed by atoms with Crippen LogP contribution in [0.5, 0.6) is 0 Å². The fourth-order valence-electron chi connectivity index (χ4n) is 1.42. The predicted octanol–water partition coefficient (Wildman–Crippen LogP) is 1.19. The van der Waals surface area contributed by atoms with Crippen LogP contribution in [0, 0.1) is 5.92 Å². The van der Waals surface area contributed by atoms with Gasteiger partial charge in [0.25, 0.3) is 0 Å². The number of nitrogens with zero attached hydrogens (tertiary/aromatic N) is 2. The van der Waals surface area contributed by atoms with Gasteiger partial charge in [-0.05, 0) is 18.8 Å². The normalized spacial score (nSPS) is 14.4. The van der Waals surface area contributed by atoms with Crippen molar-refractivity contribution in [2.75, 3.05) is 23.7 Å². The number of carboxylic acid groups (broad SMARTS) is 1. The molecule has 6 nitrogen and oxygen atoms in total. The average molecular weight is 236 g/mol. The van der Waals surface area contributed by atoms with E-state index in [4.69, 9.17) is 5.11 Å². The highest BCUT2D eigenvalue weighted by molar-refractivity contribution is 5.67. The minimum atomic E-state index is -0.821. The van der Waals surface area contributed by atoms with E-state index < -0.39 is 5.97 Å². The van der Waals surface area contributed by atoms with E-state index in [1.54, 1.807) is 6.07 Å².